The fraction of sp³-hybridized carbons (Fsp3) is 0.333. The maximum absolute atomic E-state index is 12.0. The molecule has 0 spiro atoms. The summed E-state index contributed by atoms with van der Waals surface area (Å²) in [7, 11) is 3.95. The van der Waals surface area contributed by atoms with Crippen LogP contribution in [0, 0.1) is 0 Å². The SMILES string of the molecule is CCc1ccccc1Nc1ccc(C(=O)NCCN(C)C)cn1. The number of carbonyl (C=O) groups is 1. The highest BCUT2D eigenvalue weighted by atomic mass is 16.1. The van der Waals surface area contributed by atoms with Crippen molar-refractivity contribution in [1.29, 1.82) is 0 Å². The third kappa shape index (κ3) is 5.07. The summed E-state index contributed by atoms with van der Waals surface area (Å²) in [6.45, 7) is 3.55. The van der Waals surface area contributed by atoms with Gasteiger partial charge in [0.2, 0.25) is 0 Å². The maximum Gasteiger partial charge on any atom is 0.252 e. The van der Waals surface area contributed by atoms with Gasteiger partial charge in [0.25, 0.3) is 5.91 Å². The molecule has 2 N–H and O–H groups in total. The van der Waals surface area contributed by atoms with Crippen molar-refractivity contribution < 1.29 is 4.79 Å². The molecular formula is C18H24N4O. The van der Waals surface area contributed by atoms with E-state index in [2.05, 4.69) is 28.6 Å². The number of nitrogens with one attached hydrogen (secondary N) is 2. The molecule has 1 heterocycles. The van der Waals surface area contributed by atoms with Gasteiger partial charge in [-0.05, 0) is 44.3 Å². The first-order chi connectivity index (χ1) is 11.1. The largest absolute Gasteiger partial charge is 0.351 e. The van der Waals surface area contributed by atoms with Crippen molar-refractivity contribution >= 4 is 17.4 Å². The number of nitrogens with zero attached hydrogens (tertiary/aromatic N) is 2. The van der Waals surface area contributed by atoms with Crippen molar-refractivity contribution in [1.82, 2.24) is 15.2 Å². The predicted molar refractivity (Wildman–Crippen MR) is 94.2 cm³/mol. The van der Waals surface area contributed by atoms with E-state index in [4.69, 9.17) is 0 Å². The molecule has 0 aliphatic carbocycles. The molecule has 0 saturated carbocycles. The van der Waals surface area contributed by atoms with Crippen LogP contribution < -0.4 is 10.6 Å². The van der Waals surface area contributed by atoms with Crippen LogP contribution in [0.15, 0.2) is 42.6 Å². The molecule has 2 aromatic rings. The average Bonchev–Trinajstić information content (AvgIpc) is 2.55. The van der Waals surface area contributed by atoms with Crippen LogP contribution >= 0.6 is 0 Å². The zero-order chi connectivity index (χ0) is 16.7. The zero-order valence-corrected chi connectivity index (χ0v) is 14.0. The Kier molecular flexibility index (Phi) is 6.11. The Bertz CT molecular complexity index is 638. The third-order valence-corrected chi connectivity index (χ3v) is 3.53. The fourth-order valence-corrected chi connectivity index (χ4v) is 2.19. The number of aromatic nitrogens is 1. The van der Waals surface area contributed by atoms with Gasteiger partial charge in [0.05, 0.1) is 5.56 Å². The minimum Gasteiger partial charge on any atom is -0.351 e. The Hall–Kier alpha value is -2.40. The van der Waals surface area contributed by atoms with Gasteiger partial charge in [0, 0.05) is 25.0 Å². The first-order valence-corrected chi connectivity index (χ1v) is 7.84. The minimum absolute atomic E-state index is 0.0974. The van der Waals surface area contributed by atoms with Crippen LogP contribution in [0.3, 0.4) is 0 Å². The molecule has 5 heteroatoms. The van der Waals surface area contributed by atoms with Gasteiger partial charge in [-0.1, -0.05) is 25.1 Å². The van der Waals surface area contributed by atoms with E-state index in [-0.39, 0.29) is 5.91 Å². The number of benzene rings is 1. The van der Waals surface area contributed by atoms with E-state index in [9.17, 15) is 4.79 Å². The lowest BCUT2D eigenvalue weighted by Gasteiger charge is -2.11. The molecule has 5 nitrogen and oxygen atoms in total. The number of carbonyl (C=O) groups excluding carboxylic acids is 1. The summed E-state index contributed by atoms with van der Waals surface area (Å²) < 4.78 is 0. The lowest BCUT2D eigenvalue weighted by Crippen LogP contribution is -2.31. The number of rotatable bonds is 7. The summed E-state index contributed by atoms with van der Waals surface area (Å²) in [6, 6.07) is 11.8. The summed E-state index contributed by atoms with van der Waals surface area (Å²) in [5.41, 5.74) is 2.85. The highest BCUT2D eigenvalue weighted by molar-refractivity contribution is 5.94. The zero-order valence-electron chi connectivity index (χ0n) is 14.0. The van der Waals surface area contributed by atoms with Gasteiger partial charge in [-0.3, -0.25) is 4.79 Å². The smallest absolute Gasteiger partial charge is 0.252 e. The number of hydrogen-bond acceptors (Lipinski definition) is 4. The molecule has 0 radical (unpaired) electrons. The first kappa shape index (κ1) is 17.0. The van der Waals surface area contributed by atoms with E-state index in [1.54, 1.807) is 12.3 Å². The van der Waals surface area contributed by atoms with Gasteiger partial charge in [0.1, 0.15) is 5.82 Å². The van der Waals surface area contributed by atoms with Crippen molar-refractivity contribution in [2.24, 2.45) is 0 Å². The summed E-state index contributed by atoms with van der Waals surface area (Å²) in [5.74, 6) is 0.635. The standard InChI is InChI=1S/C18H24N4O/c1-4-14-7-5-6-8-16(14)21-17-10-9-15(13-20-17)18(23)19-11-12-22(2)3/h5-10,13H,4,11-12H2,1-3H3,(H,19,23)(H,20,21). The molecule has 0 aliphatic heterocycles. The third-order valence-electron chi connectivity index (χ3n) is 3.53. The second kappa shape index (κ2) is 8.29. The Morgan fingerprint density at radius 1 is 1.17 bits per heavy atom. The highest BCUT2D eigenvalue weighted by Crippen LogP contribution is 2.19. The van der Waals surface area contributed by atoms with E-state index >= 15 is 0 Å². The molecule has 1 aromatic heterocycles. The first-order valence-electron chi connectivity index (χ1n) is 7.84. The van der Waals surface area contributed by atoms with Gasteiger partial charge in [-0.2, -0.15) is 0 Å². The van der Waals surface area contributed by atoms with Gasteiger partial charge in [-0.25, -0.2) is 4.98 Å². The average molecular weight is 312 g/mol. The quantitative estimate of drug-likeness (QED) is 0.825. The number of hydrogen-bond donors (Lipinski definition) is 2. The van der Waals surface area contributed by atoms with Crippen molar-refractivity contribution in [3.8, 4) is 0 Å². The van der Waals surface area contributed by atoms with Crippen LogP contribution in [0.2, 0.25) is 0 Å². The molecular weight excluding hydrogens is 288 g/mol. The number of para-hydroxylation sites is 1. The summed E-state index contributed by atoms with van der Waals surface area (Å²) in [5, 5.41) is 6.17. The molecule has 0 saturated heterocycles. The molecule has 122 valence electrons. The molecule has 23 heavy (non-hydrogen) atoms. The molecule has 0 bridgehead atoms. The molecule has 1 aromatic carbocycles. The van der Waals surface area contributed by atoms with Crippen molar-refractivity contribution in [2.75, 3.05) is 32.5 Å². The fourth-order valence-electron chi connectivity index (χ4n) is 2.19. The summed E-state index contributed by atoms with van der Waals surface area (Å²) in [4.78, 5) is 18.4. The van der Waals surface area contributed by atoms with Gasteiger partial charge >= 0.3 is 0 Å². The molecule has 2 rings (SSSR count). The van der Waals surface area contributed by atoms with Gasteiger partial charge in [0.15, 0.2) is 0 Å². The number of anilines is 2. The highest BCUT2D eigenvalue weighted by Gasteiger charge is 2.06. The van der Waals surface area contributed by atoms with Crippen molar-refractivity contribution in [3.05, 3.63) is 53.7 Å². The molecule has 1 amide bonds. The Morgan fingerprint density at radius 2 is 1.96 bits per heavy atom. The van der Waals surface area contributed by atoms with Crippen LogP contribution in [-0.4, -0.2) is 43.0 Å². The maximum atomic E-state index is 12.0. The predicted octanol–water partition coefficient (Wildman–Crippen LogP) is 2.68. The molecule has 0 aliphatic rings. The number of pyridine rings is 1. The molecule has 0 atom stereocenters. The lowest BCUT2D eigenvalue weighted by atomic mass is 10.1. The second-order valence-corrected chi connectivity index (χ2v) is 5.63. The van der Waals surface area contributed by atoms with Crippen molar-refractivity contribution in [2.45, 2.75) is 13.3 Å². The number of likely N-dealkylation sites (N-methyl/N-ethyl adjacent to an activating group) is 1. The van der Waals surface area contributed by atoms with Crippen LogP contribution in [0.25, 0.3) is 0 Å². The van der Waals surface area contributed by atoms with E-state index in [1.165, 1.54) is 5.56 Å². The number of aryl methyl sites for hydroxylation is 1. The van der Waals surface area contributed by atoms with Crippen molar-refractivity contribution in [3.63, 3.8) is 0 Å². The minimum atomic E-state index is -0.0974. The Morgan fingerprint density at radius 3 is 2.61 bits per heavy atom. The molecule has 0 fully saturated rings. The van der Waals surface area contributed by atoms with Gasteiger partial charge < -0.3 is 15.5 Å². The monoisotopic (exact) mass is 312 g/mol. The lowest BCUT2D eigenvalue weighted by molar-refractivity contribution is 0.0950. The second-order valence-electron chi connectivity index (χ2n) is 5.63. The summed E-state index contributed by atoms with van der Waals surface area (Å²) >= 11 is 0. The van der Waals surface area contributed by atoms with Crippen LogP contribution in [0.5, 0.6) is 0 Å². The van der Waals surface area contributed by atoms with E-state index in [0.717, 1.165) is 24.5 Å². The van der Waals surface area contributed by atoms with E-state index in [1.807, 2.05) is 43.3 Å². The van der Waals surface area contributed by atoms with Crippen LogP contribution in [0.1, 0.15) is 22.8 Å². The topological polar surface area (TPSA) is 57.3 Å². The van der Waals surface area contributed by atoms with E-state index in [0.29, 0.717) is 12.1 Å². The van der Waals surface area contributed by atoms with E-state index < -0.39 is 0 Å². The number of amides is 1. The Labute approximate surface area is 137 Å². The van der Waals surface area contributed by atoms with Crippen LogP contribution in [0.4, 0.5) is 11.5 Å². The van der Waals surface area contributed by atoms with Crippen LogP contribution in [-0.2, 0) is 6.42 Å². The summed E-state index contributed by atoms with van der Waals surface area (Å²) in [6.07, 6.45) is 2.55. The van der Waals surface area contributed by atoms with Gasteiger partial charge in [-0.15, -0.1) is 0 Å². The molecule has 0 unspecified atom stereocenters. The Balaban J connectivity index is 1.98. The normalized spacial score (nSPS) is 10.6.